The maximum absolute atomic E-state index is 12.3. The summed E-state index contributed by atoms with van der Waals surface area (Å²) in [6.45, 7) is 6.57. The number of nitrogens with one attached hydrogen (secondary N) is 1. The second-order valence-electron chi connectivity index (χ2n) is 5.47. The van der Waals surface area contributed by atoms with Crippen LogP contribution in [0.15, 0.2) is 18.5 Å². The zero-order valence-corrected chi connectivity index (χ0v) is 13.1. The van der Waals surface area contributed by atoms with Gasteiger partial charge in [0.2, 0.25) is 0 Å². The summed E-state index contributed by atoms with van der Waals surface area (Å²) in [6.07, 6.45) is 4.58. The van der Waals surface area contributed by atoms with E-state index in [1.807, 2.05) is 31.7 Å². The van der Waals surface area contributed by atoms with Gasteiger partial charge in [-0.05, 0) is 26.3 Å². The minimum atomic E-state index is -0.119. The van der Waals surface area contributed by atoms with Crippen LogP contribution in [0.1, 0.15) is 48.6 Å². The highest BCUT2D eigenvalue weighted by Crippen LogP contribution is 2.16. The van der Waals surface area contributed by atoms with Gasteiger partial charge in [0.15, 0.2) is 0 Å². The van der Waals surface area contributed by atoms with Crippen LogP contribution in [0.25, 0.3) is 0 Å². The van der Waals surface area contributed by atoms with Crippen molar-refractivity contribution in [3.63, 3.8) is 0 Å². The molecule has 0 aromatic carbocycles. The van der Waals surface area contributed by atoms with Gasteiger partial charge in [0.25, 0.3) is 5.91 Å². The van der Waals surface area contributed by atoms with E-state index < -0.39 is 0 Å². The number of anilines is 1. The summed E-state index contributed by atoms with van der Waals surface area (Å²) in [6, 6.07) is 1.90. The molecule has 0 atom stereocenters. The minimum Gasteiger partial charge on any atom is -0.397 e. The SMILES string of the molecule is CCc1nn(C)cc1CNC(=O)c1cc(N)cn1C(C)C. The average molecular weight is 289 g/mol. The van der Waals surface area contributed by atoms with E-state index in [1.165, 1.54) is 0 Å². The summed E-state index contributed by atoms with van der Waals surface area (Å²) in [5, 5.41) is 7.31. The number of hydrogen-bond donors (Lipinski definition) is 2. The zero-order chi connectivity index (χ0) is 15.6. The second-order valence-corrected chi connectivity index (χ2v) is 5.47. The highest BCUT2D eigenvalue weighted by Gasteiger charge is 2.15. The molecule has 0 fully saturated rings. The van der Waals surface area contributed by atoms with Crippen LogP contribution in [0.2, 0.25) is 0 Å². The number of nitrogens with two attached hydrogens (primary N) is 1. The number of nitrogen functional groups attached to an aromatic ring is 1. The molecule has 2 aromatic rings. The van der Waals surface area contributed by atoms with E-state index in [1.54, 1.807) is 16.9 Å². The fraction of sp³-hybridized carbons (Fsp3) is 0.467. The van der Waals surface area contributed by atoms with E-state index in [4.69, 9.17) is 5.73 Å². The lowest BCUT2D eigenvalue weighted by Crippen LogP contribution is -2.26. The summed E-state index contributed by atoms with van der Waals surface area (Å²) < 4.78 is 3.66. The number of hydrogen-bond acceptors (Lipinski definition) is 3. The van der Waals surface area contributed by atoms with Gasteiger partial charge in [-0.3, -0.25) is 9.48 Å². The summed E-state index contributed by atoms with van der Waals surface area (Å²) in [5.41, 5.74) is 9.04. The molecule has 21 heavy (non-hydrogen) atoms. The fourth-order valence-corrected chi connectivity index (χ4v) is 2.40. The Balaban J connectivity index is 2.11. The smallest absolute Gasteiger partial charge is 0.268 e. The molecule has 0 radical (unpaired) electrons. The molecule has 114 valence electrons. The predicted octanol–water partition coefficient (Wildman–Crippen LogP) is 1.88. The summed E-state index contributed by atoms with van der Waals surface area (Å²) >= 11 is 0. The van der Waals surface area contributed by atoms with Crippen LogP contribution in [0.4, 0.5) is 5.69 Å². The molecule has 0 unspecified atom stereocenters. The summed E-state index contributed by atoms with van der Waals surface area (Å²) in [7, 11) is 1.88. The van der Waals surface area contributed by atoms with Crippen molar-refractivity contribution in [1.82, 2.24) is 19.7 Å². The van der Waals surface area contributed by atoms with Gasteiger partial charge < -0.3 is 15.6 Å². The van der Waals surface area contributed by atoms with E-state index in [0.717, 1.165) is 17.7 Å². The molecular weight excluding hydrogens is 266 g/mol. The molecular formula is C15H23N5O. The van der Waals surface area contributed by atoms with Crippen LogP contribution in [0, 0.1) is 0 Å². The van der Waals surface area contributed by atoms with Gasteiger partial charge in [-0.25, -0.2) is 0 Å². The number of carbonyl (C=O) groups is 1. The Morgan fingerprint density at radius 1 is 1.43 bits per heavy atom. The van der Waals surface area contributed by atoms with Gasteiger partial charge in [-0.2, -0.15) is 5.10 Å². The molecule has 0 aliphatic heterocycles. The highest BCUT2D eigenvalue weighted by atomic mass is 16.1. The molecule has 3 N–H and O–H groups in total. The molecule has 0 aliphatic carbocycles. The quantitative estimate of drug-likeness (QED) is 0.882. The molecule has 1 amide bonds. The van der Waals surface area contributed by atoms with Gasteiger partial charge in [0.05, 0.1) is 11.4 Å². The molecule has 2 heterocycles. The van der Waals surface area contributed by atoms with E-state index >= 15 is 0 Å². The third-order valence-electron chi connectivity index (χ3n) is 3.42. The number of rotatable bonds is 5. The molecule has 6 nitrogen and oxygen atoms in total. The van der Waals surface area contributed by atoms with Gasteiger partial charge >= 0.3 is 0 Å². The van der Waals surface area contributed by atoms with Gasteiger partial charge in [0, 0.05) is 37.6 Å². The Labute approximate surface area is 124 Å². The van der Waals surface area contributed by atoms with Crippen molar-refractivity contribution in [3.8, 4) is 0 Å². The molecule has 0 bridgehead atoms. The van der Waals surface area contributed by atoms with Crippen LogP contribution in [-0.4, -0.2) is 20.3 Å². The first kappa shape index (κ1) is 15.2. The van der Waals surface area contributed by atoms with Crippen LogP contribution in [0.3, 0.4) is 0 Å². The van der Waals surface area contributed by atoms with Crippen LogP contribution < -0.4 is 11.1 Å². The zero-order valence-electron chi connectivity index (χ0n) is 13.1. The lowest BCUT2D eigenvalue weighted by molar-refractivity contribution is 0.0940. The normalized spacial score (nSPS) is 11.1. The van der Waals surface area contributed by atoms with Gasteiger partial charge in [0.1, 0.15) is 5.69 Å². The number of carbonyl (C=O) groups excluding carboxylic acids is 1. The maximum atomic E-state index is 12.3. The molecule has 2 rings (SSSR count). The van der Waals surface area contributed by atoms with Gasteiger partial charge in [-0.1, -0.05) is 6.92 Å². The molecule has 0 spiro atoms. The Kier molecular flexibility index (Phi) is 4.35. The summed E-state index contributed by atoms with van der Waals surface area (Å²) in [4.78, 5) is 12.3. The number of nitrogens with zero attached hydrogens (tertiary/aromatic N) is 3. The van der Waals surface area contributed by atoms with Crippen molar-refractivity contribution >= 4 is 11.6 Å². The van der Waals surface area contributed by atoms with Crippen molar-refractivity contribution < 1.29 is 4.79 Å². The second kappa shape index (κ2) is 6.03. The number of aromatic nitrogens is 3. The van der Waals surface area contributed by atoms with E-state index in [9.17, 15) is 4.79 Å². The number of amides is 1. The minimum absolute atomic E-state index is 0.119. The Hall–Kier alpha value is -2.24. The van der Waals surface area contributed by atoms with Crippen molar-refractivity contribution in [2.75, 3.05) is 5.73 Å². The predicted molar refractivity (Wildman–Crippen MR) is 83.0 cm³/mol. The van der Waals surface area contributed by atoms with Crippen LogP contribution in [-0.2, 0) is 20.0 Å². The van der Waals surface area contributed by atoms with Crippen molar-refractivity contribution in [3.05, 3.63) is 35.4 Å². The Morgan fingerprint density at radius 2 is 2.14 bits per heavy atom. The molecule has 0 saturated carbocycles. The van der Waals surface area contributed by atoms with Crippen LogP contribution >= 0.6 is 0 Å². The number of aryl methyl sites for hydroxylation is 2. The van der Waals surface area contributed by atoms with E-state index in [2.05, 4.69) is 17.3 Å². The highest BCUT2D eigenvalue weighted by molar-refractivity contribution is 5.93. The lowest BCUT2D eigenvalue weighted by Gasteiger charge is -2.12. The summed E-state index contributed by atoms with van der Waals surface area (Å²) in [5.74, 6) is -0.119. The Morgan fingerprint density at radius 3 is 2.76 bits per heavy atom. The Bertz CT molecular complexity index is 639. The monoisotopic (exact) mass is 289 g/mol. The first-order chi connectivity index (χ1) is 9.92. The topological polar surface area (TPSA) is 77.9 Å². The van der Waals surface area contributed by atoms with E-state index in [-0.39, 0.29) is 11.9 Å². The largest absolute Gasteiger partial charge is 0.397 e. The average Bonchev–Trinajstić information content (AvgIpc) is 2.98. The molecule has 6 heteroatoms. The third-order valence-corrected chi connectivity index (χ3v) is 3.42. The first-order valence-corrected chi connectivity index (χ1v) is 7.19. The lowest BCUT2D eigenvalue weighted by atomic mass is 10.2. The van der Waals surface area contributed by atoms with Gasteiger partial charge in [-0.15, -0.1) is 0 Å². The molecule has 2 aromatic heterocycles. The maximum Gasteiger partial charge on any atom is 0.268 e. The van der Waals surface area contributed by atoms with E-state index in [0.29, 0.717) is 17.9 Å². The molecule has 0 aliphatic rings. The van der Waals surface area contributed by atoms with Crippen molar-refractivity contribution in [1.29, 1.82) is 0 Å². The fourth-order valence-electron chi connectivity index (χ4n) is 2.40. The van der Waals surface area contributed by atoms with Crippen molar-refractivity contribution in [2.45, 2.75) is 39.8 Å². The van der Waals surface area contributed by atoms with Crippen LogP contribution in [0.5, 0.6) is 0 Å². The molecule has 0 saturated heterocycles. The third kappa shape index (κ3) is 3.26. The van der Waals surface area contributed by atoms with Crippen molar-refractivity contribution in [2.24, 2.45) is 7.05 Å². The standard InChI is InChI=1S/C15H23N5O/c1-5-13-11(8-19(4)18-13)7-17-15(21)14-6-12(16)9-20(14)10(2)3/h6,8-10H,5,7,16H2,1-4H3,(H,17,21). The first-order valence-electron chi connectivity index (χ1n) is 7.19.